The van der Waals surface area contributed by atoms with Crippen LogP contribution in [-0.2, 0) is 16.6 Å². The largest absolute Gasteiger partial charge is 0.395 e. The van der Waals surface area contributed by atoms with E-state index in [0.29, 0.717) is 18.3 Å². The monoisotopic (exact) mass is 550 g/mol. The van der Waals surface area contributed by atoms with Crippen LogP contribution in [-0.4, -0.2) is 90.6 Å². The first-order chi connectivity index (χ1) is 18.7. The molecule has 4 aromatic rings. The van der Waals surface area contributed by atoms with Crippen molar-refractivity contribution in [2.24, 2.45) is 0 Å². The van der Waals surface area contributed by atoms with Gasteiger partial charge >= 0.3 is 0 Å². The maximum atomic E-state index is 12.2. The number of hydrogen-bond acceptors (Lipinski definition) is 9. The molecule has 11 nitrogen and oxygen atoms in total. The Hall–Kier alpha value is -3.74. The predicted octanol–water partition coefficient (Wildman–Crippen LogP) is 2.44. The molecule has 12 heteroatoms. The first-order valence-electron chi connectivity index (χ1n) is 12.9. The van der Waals surface area contributed by atoms with Gasteiger partial charge in [-0.25, -0.2) is 18.4 Å². The average Bonchev–Trinajstić information content (AvgIpc) is 3.31. The molecule has 0 saturated carbocycles. The minimum Gasteiger partial charge on any atom is -0.395 e. The van der Waals surface area contributed by atoms with E-state index in [-0.39, 0.29) is 6.61 Å². The van der Waals surface area contributed by atoms with Crippen LogP contribution in [0.15, 0.2) is 55.0 Å². The summed E-state index contributed by atoms with van der Waals surface area (Å²) >= 11 is 0. The van der Waals surface area contributed by atoms with Crippen LogP contribution >= 0.6 is 0 Å². The minimum absolute atomic E-state index is 0.198. The summed E-state index contributed by atoms with van der Waals surface area (Å²) in [5.74, 6) is 0.871. The Morgan fingerprint density at radius 1 is 1.05 bits per heavy atom. The summed E-state index contributed by atoms with van der Waals surface area (Å²) in [7, 11) is -1.95. The molecule has 1 aliphatic heterocycles. The van der Waals surface area contributed by atoms with E-state index >= 15 is 0 Å². The number of aromatic nitrogens is 4. The van der Waals surface area contributed by atoms with E-state index in [4.69, 9.17) is 10.1 Å². The van der Waals surface area contributed by atoms with Crippen LogP contribution in [0.3, 0.4) is 0 Å². The Balaban J connectivity index is 1.33. The molecule has 0 bridgehead atoms. The topological polar surface area (TPSA) is 120 Å². The fourth-order valence-corrected chi connectivity index (χ4v) is 5.26. The van der Waals surface area contributed by atoms with E-state index in [1.807, 2.05) is 42.0 Å². The summed E-state index contributed by atoms with van der Waals surface area (Å²) in [6.07, 6.45) is 6.53. The second-order valence-electron chi connectivity index (χ2n) is 9.87. The van der Waals surface area contributed by atoms with Crippen LogP contribution in [0.2, 0.25) is 0 Å². The van der Waals surface area contributed by atoms with Gasteiger partial charge in [0.05, 0.1) is 19.4 Å². The zero-order valence-corrected chi connectivity index (χ0v) is 23.3. The molecule has 3 aromatic heterocycles. The molecular weight excluding hydrogens is 516 g/mol. The highest BCUT2D eigenvalue weighted by Gasteiger charge is 2.19. The molecule has 1 aromatic carbocycles. The number of hydrogen-bond donors (Lipinski definition) is 2. The van der Waals surface area contributed by atoms with Crippen molar-refractivity contribution >= 4 is 44.2 Å². The molecule has 0 aliphatic carbocycles. The molecule has 0 radical (unpaired) electrons. The molecule has 1 fully saturated rings. The van der Waals surface area contributed by atoms with Crippen molar-refractivity contribution in [1.29, 1.82) is 0 Å². The van der Waals surface area contributed by atoms with Gasteiger partial charge in [0.25, 0.3) is 0 Å². The Kier molecular flexibility index (Phi) is 7.69. The number of rotatable bonds is 9. The van der Waals surface area contributed by atoms with Crippen LogP contribution in [0.4, 0.5) is 23.1 Å². The SMILES string of the molecule is Cc1cnc(N(C)S(C)(=O)=O)c(Cn2ccc3cnc(Nc4ccc(N5CCN(CCO)CC5)cc4)nc32)c1. The van der Waals surface area contributed by atoms with E-state index in [2.05, 4.69) is 37.2 Å². The lowest BCUT2D eigenvalue weighted by atomic mass is 10.2. The van der Waals surface area contributed by atoms with E-state index < -0.39 is 10.0 Å². The quantitative estimate of drug-likeness (QED) is 0.324. The van der Waals surface area contributed by atoms with E-state index in [1.54, 1.807) is 12.4 Å². The van der Waals surface area contributed by atoms with E-state index in [0.717, 1.165) is 66.3 Å². The molecule has 1 aliphatic rings. The number of nitrogens with zero attached hydrogens (tertiary/aromatic N) is 7. The first-order valence-corrected chi connectivity index (χ1v) is 14.7. The van der Waals surface area contributed by atoms with Crippen molar-refractivity contribution < 1.29 is 13.5 Å². The van der Waals surface area contributed by atoms with E-state index in [9.17, 15) is 8.42 Å². The second-order valence-corrected chi connectivity index (χ2v) is 11.9. The molecule has 4 heterocycles. The van der Waals surface area contributed by atoms with Gasteiger partial charge in [0, 0.05) is 80.7 Å². The summed E-state index contributed by atoms with van der Waals surface area (Å²) in [6, 6.07) is 12.1. The van der Waals surface area contributed by atoms with Crippen molar-refractivity contribution in [1.82, 2.24) is 24.4 Å². The van der Waals surface area contributed by atoms with Gasteiger partial charge in [-0.1, -0.05) is 0 Å². The van der Waals surface area contributed by atoms with Gasteiger partial charge in [-0.05, 0) is 48.9 Å². The number of piperazine rings is 1. The van der Waals surface area contributed by atoms with Crippen LogP contribution in [0, 0.1) is 6.92 Å². The molecule has 0 atom stereocenters. The maximum absolute atomic E-state index is 12.2. The number of nitrogens with one attached hydrogen (secondary N) is 1. The number of fused-ring (bicyclic) bond motifs is 1. The summed E-state index contributed by atoms with van der Waals surface area (Å²) < 4.78 is 27.5. The van der Waals surface area contributed by atoms with Gasteiger partial charge in [0.2, 0.25) is 16.0 Å². The molecule has 1 saturated heterocycles. The fraction of sp³-hybridized carbons (Fsp3) is 0.370. The van der Waals surface area contributed by atoms with Crippen molar-refractivity contribution in [2.75, 3.05) is 67.2 Å². The Morgan fingerprint density at radius 3 is 2.49 bits per heavy atom. The summed E-state index contributed by atoms with van der Waals surface area (Å²) in [4.78, 5) is 18.3. The summed E-state index contributed by atoms with van der Waals surface area (Å²) in [6.45, 7) is 7.01. The lowest BCUT2D eigenvalue weighted by Gasteiger charge is -2.35. The Bertz CT molecular complexity index is 1550. The molecule has 2 N–H and O–H groups in total. The van der Waals surface area contributed by atoms with Crippen LogP contribution in [0.5, 0.6) is 0 Å². The van der Waals surface area contributed by atoms with Gasteiger partial charge in [0.15, 0.2) is 0 Å². The Morgan fingerprint density at radius 2 is 1.79 bits per heavy atom. The zero-order chi connectivity index (χ0) is 27.6. The molecule has 0 amide bonds. The molecule has 0 spiro atoms. The lowest BCUT2D eigenvalue weighted by Crippen LogP contribution is -2.47. The van der Waals surface area contributed by atoms with Crippen molar-refractivity contribution in [3.05, 3.63) is 66.1 Å². The molecule has 39 heavy (non-hydrogen) atoms. The standard InChI is InChI=1S/C27H34N8O3S/c1-20-16-22(25(28-17-20)32(2)39(3,37)38)19-35-9-8-21-18-29-27(31-26(21)35)30-23-4-6-24(7-5-23)34-12-10-33(11-13-34)14-15-36/h4-9,16-18,36H,10-15,19H2,1-3H3,(H,29,30,31). The van der Waals surface area contributed by atoms with Crippen molar-refractivity contribution in [2.45, 2.75) is 13.5 Å². The maximum Gasteiger partial charge on any atom is 0.233 e. The zero-order valence-electron chi connectivity index (χ0n) is 22.4. The van der Waals surface area contributed by atoms with Crippen LogP contribution in [0.1, 0.15) is 11.1 Å². The summed E-state index contributed by atoms with van der Waals surface area (Å²) in [5.41, 5.74) is 4.51. The second kappa shape index (κ2) is 11.2. The number of aryl methyl sites for hydroxylation is 1. The molecular formula is C27H34N8O3S. The van der Waals surface area contributed by atoms with Crippen molar-refractivity contribution in [3.8, 4) is 0 Å². The minimum atomic E-state index is -3.46. The molecule has 0 unspecified atom stereocenters. The Labute approximate surface area is 228 Å². The summed E-state index contributed by atoms with van der Waals surface area (Å²) in [5, 5.41) is 13.3. The number of pyridine rings is 1. The van der Waals surface area contributed by atoms with Gasteiger partial charge in [0.1, 0.15) is 11.5 Å². The van der Waals surface area contributed by atoms with Crippen molar-refractivity contribution in [3.63, 3.8) is 0 Å². The fourth-order valence-electron chi connectivity index (χ4n) is 4.78. The third-order valence-corrected chi connectivity index (χ3v) is 8.16. The number of anilines is 4. The number of aliphatic hydroxyl groups is 1. The highest BCUT2D eigenvalue weighted by Crippen LogP contribution is 2.25. The highest BCUT2D eigenvalue weighted by atomic mass is 32.2. The van der Waals surface area contributed by atoms with E-state index in [1.165, 1.54) is 17.6 Å². The predicted molar refractivity (Wildman–Crippen MR) is 154 cm³/mol. The number of benzene rings is 1. The first kappa shape index (κ1) is 26.9. The third kappa shape index (κ3) is 6.13. The molecule has 206 valence electrons. The number of β-amino-alcohol motifs (C(OH)–C–C–N with tert-alkyl or cyclic N) is 1. The number of sulfonamides is 1. The van der Waals surface area contributed by atoms with Gasteiger partial charge < -0.3 is 19.9 Å². The smallest absolute Gasteiger partial charge is 0.233 e. The highest BCUT2D eigenvalue weighted by molar-refractivity contribution is 7.92. The third-order valence-electron chi connectivity index (χ3n) is 7.00. The van der Waals surface area contributed by atoms with Crippen LogP contribution in [0.25, 0.3) is 11.0 Å². The van der Waals surface area contributed by atoms with Gasteiger partial charge in [-0.2, -0.15) is 4.98 Å². The number of aliphatic hydroxyl groups excluding tert-OH is 1. The van der Waals surface area contributed by atoms with Crippen LogP contribution < -0.4 is 14.5 Å². The van der Waals surface area contributed by atoms with Gasteiger partial charge in [-0.3, -0.25) is 9.21 Å². The average molecular weight is 551 g/mol. The van der Waals surface area contributed by atoms with Gasteiger partial charge in [-0.15, -0.1) is 0 Å². The lowest BCUT2D eigenvalue weighted by molar-refractivity contribution is 0.189. The normalized spacial score (nSPS) is 14.6. The molecule has 5 rings (SSSR count).